The summed E-state index contributed by atoms with van der Waals surface area (Å²) in [6.45, 7) is 4.94. The Bertz CT molecular complexity index is 1260. The molecule has 0 radical (unpaired) electrons. The Labute approximate surface area is 211 Å². The maximum Gasteiger partial charge on any atom is 0.264 e. The largest absolute Gasteiger partial charge is 0.480 e. The lowest BCUT2D eigenvalue weighted by molar-refractivity contribution is -0.139. The molecule has 3 aromatic carbocycles. The number of amides is 2. The van der Waals surface area contributed by atoms with Crippen molar-refractivity contribution in [1.82, 2.24) is 4.90 Å². The summed E-state index contributed by atoms with van der Waals surface area (Å²) in [6, 6.07) is 21.1. The summed E-state index contributed by atoms with van der Waals surface area (Å²) in [5, 5.41) is 3.06. The molecule has 2 heterocycles. The van der Waals surface area contributed by atoms with Crippen molar-refractivity contribution in [3.05, 3.63) is 83.4 Å². The number of hydrogen-bond donors (Lipinski definition) is 1. The number of fused-ring (bicyclic) bond motifs is 2. The Hall–Kier alpha value is -4.00. The molecule has 186 valence electrons. The first kappa shape index (κ1) is 23.7. The number of nitrogens with zero attached hydrogens (tertiary/aromatic N) is 1. The van der Waals surface area contributed by atoms with Crippen molar-refractivity contribution >= 4 is 17.5 Å². The summed E-state index contributed by atoms with van der Waals surface area (Å²) in [5.41, 5.74) is 3.47. The molecule has 1 N–H and O–H groups in total. The van der Waals surface area contributed by atoms with Gasteiger partial charge in [-0.1, -0.05) is 50.2 Å². The van der Waals surface area contributed by atoms with E-state index in [1.807, 2.05) is 80.6 Å². The number of nitrogens with one attached hydrogen (secondary N) is 1. The van der Waals surface area contributed by atoms with E-state index in [4.69, 9.17) is 14.2 Å². The number of ether oxygens (including phenoxy) is 3. The van der Waals surface area contributed by atoms with Crippen LogP contribution >= 0.6 is 0 Å². The van der Waals surface area contributed by atoms with E-state index < -0.39 is 6.10 Å². The molecule has 2 aliphatic heterocycles. The molecular formula is C29H30N2O5. The lowest BCUT2D eigenvalue weighted by Crippen LogP contribution is -2.38. The van der Waals surface area contributed by atoms with Crippen LogP contribution in [0.4, 0.5) is 5.69 Å². The molecule has 0 saturated carbocycles. The van der Waals surface area contributed by atoms with Gasteiger partial charge in [0.2, 0.25) is 12.7 Å². The van der Waals surface area contributed by atoms with Crippen molar-refractivity contribution in [1.29, 1.82) is 0 Å². The summed E-state index contributed by atoms with van der Waals surface area (Å²) >= 11 is 0. The van der Waals surface area contributed by atoms with Crippen molar-refractivity contribution in [2.45, 2.75) is 51.8 Å². The van der Waals surface area contributed by atoms with Crippen molar-refractivity contribution in [3.8, 4) is 17.2 Å². The summed E-state index contributed by atoms with van der Waals surface area (Å²) in [4.78, 5) is 28.2. The normalized spacial score (nSPS) is 17.1. The predicted molar refractivity (Wildman–Crippen MR) is 136 cm³/mol. The first-order valence-electron chi connectivity index (χ1n) is 12.4. The van der Waals surface area contributed by atoms with E-state index in [-0.39, 0.29) is 24.5 Å². The molecule has 0 aliphatic carbocycles. The average molecular weight is 487 g/mol. The van der Waals surface area contributed by atoms with Crippen LogP contribution in [0, 0.1) is 0 Å². The van der Waals surface area contributed by atoms with Crippen LogP contribution in [0.3, 0.4) is 0 Å². The molecule has 2 aliphatic rings. The molecule has 0 fully saturated rings. The van der Waals surface area contributed by atoms with Crippen molar-refractivity contribution < 1.29 is 23.8 Å². The molecule has 5 rings (SSSR count). The molecule has 3 aromatic rings. The van der Waals surface area contributed by atoms with E-state index in [1.165, 1.54) is 0 Å². The van der Waals surface area contributed by atoms with Crippen LogP contribution in [0.15, 0.2) is 66.7 Å². The quantitative estimate of drug-likeness (QED) is 0.494. The third kappa shape index (κ3) is 4.87. The van der Waals surface area contributed by atoms with Crippen LogP contribution < -0.4 is 19.5 Å². The molecule has 36 heavy (non-hydrogen) atoms. The molecule has 0 saturated heterocycles. The molecule has 0 bridgehead atoms. The van der Waals surface area contributed by atoms with Gasteiger partial charge in [0.05, 0.1) is 5.92 Å². The van der Waals surface area contributed by atoms with Gasteiger partial charge in [-0.2, -0.15) is 0 Å². The molecular weight excluding hydrogens is 456 g/mol. The Morgan fingerprint density at radius 3 is 2.56 bits per heavy atom. The maximum atomic E-state index is 13.3. The lowest BCUT2D eigenvalue weighted by Gasteiger charge is -2.23. The fourth-order valence-corrected chi connectivity index (χ4v) is 4.73. The molecule has 7 heteroatoms. The predicted octanol–water partition coefficient (Wildman–Crippen LogP) is 5.25. The van der Waals surface area contributed by atoms with Gasteiger partial charge in [0, 0.05) is 24.3 Å². The Morgan fingerprint density at radius 2 is 1.78 bits per heavy atom. The lowest BCUT2D eigenvalue weighted by atomic mass is 9.95. The zero-order valence-electron chi connectivity index (χ0n) is 20.5. The number of benzene rings is 3. The zero-order valence-corrected chi connectivity index (χ0v) is 20.5. The van der Waals surface area contributed by atoms with Crippen molar-refractivity contribution in [2.24, 2.45) is 0 Å². The topological polar surface area (TPSA) is 77.1 Å². The second kappa shape index (κ2) is 10.3. The highest BCUT2D eigenvalue weighted by molar-refractivity contribution is 5.96. The van der Waals surface area contributed by atoms with Crippen LogP contribution in [-0.4, -0.2) is 29.6 Å². The highest BCUT2D eigenvalue weighted by Gasteiger charge is 2.30. The Balaban J connectivity index is 1.37. The number of carbonyl (C=O) groups is 2. The van der Waals surface area contributed by atoms with E-state index in [0.717, 1.165) is 16.7 Å². The molecule has 7 nitrogen and oxygen atoms in total. The maximum absolute atomic E-state index is 13.3. The highest BCUT2D eigenvalue weighted by Crippen LogP contribution is 2.34. The molecule has 2 amide bonds. The third-order valence-corrected chi connectivity index (χ3v) is 6.65. The molecule has 0 aromatic heterocycles. The molecule has 2 atom stereocenters. The fraction of sp³-hybridized carbons (Fsp3) is 0.310. The van der Waals surface area contributed by atoms with E-state index in [2.05, 4.69) is 5.32 Å². The minimum atomic E-state index is -0.566. The standard InChI is InChI=1S/C29H30N2O5/c1-3-23(20-8-6-5-7-9-20)28(32)30-22-11-13-25-21(15-22)17-31(29(33)24(4-2)36-25)16-19-10-12-26-27(14-19)35-18-34-26/h5-15,23-24H,3-4,16-18H2,1-2H3,(H,30,32)/t23-,24+/m1/s1. The monoisotopic (exact) mass is 486 g/mol. The average Bonchev–Trinajstić information content (AvgIpc) is 3.31. The van der Waals surface area contributed by atoms with E-state index >= 15 is 0 Å². The van der Waals surface area contributed by atoms with Crippen molar-refractivity contribution in [3.63, 3.8) is 0 Å². The Morgan fingerprint density at radius 1 is 1.00 bits per heavy atom. The van der Waals surface area contributed by atoms with Gasteiger partial charge in [-0.3, -0.25) is 9.59 Å². The number of hydrogen-bond acceptors (Lipinski definition) is 5. The first-order valence-corrected chi connectivity index (χ1v) is 12.4. The molecule has 0 spiro atoms. The van der Waals surface area contributed by atoms with Crippen LogP contribution in [0.2, 0.25) is 0 Å². The summed E-state index contributed by atoms with van der Waals surface area (Å²) in [5.74, 6) is 1.70. The van der Waals surface area contributed by atoms with Gasteiger partial charge < -0.3 is 24.4 Å². The fourth-order valence-electron chi connectivity index (χ4n) is 4.73. The van der Waals surface area contributed by atoms with Gasteiger partial charge >= 0.3 is 0 Å². The van der Waals surface area contributed by atoms with Gasteiger partial charge in [-0.15, -0.1) is 0 Å². The van der Waals surface area contributed by atoms with Gasteiger partial charge in [0.15, 0.2) is 17.6 Å². The minimum absolute atomic E-state index is 0.0575. The smallest absolute Gasteiger partial charge is 0.264 e. The summed E-state index contributed by atoms with van der Waals surface area (Å²) in [7, 11) is 0. The van der Waals surface area contributed by atoms with E-state index in [9.17, 15) is 9.59 Å². The summed E-state index contributed by atoms with van der Waals surface area (Å²) < 4.78 is 17.0. The third-order valence-electron chi connectivity index (χ3n) is 6.65. The van der Waals surface area contributed by atoms with Gasteiger partial charge in [-0.25, -0.2) is 0 Å². The van der Waals surface area contributed by atoms with Gasteiger partial charge in [0.1, 0.15) is 5.75 Å². The van der Waals surface area contributed by atoms with E-state index in [0.29, 0.717) is 48.9 Å². The van der Waals surface area contributed by atoms with Crippen LogP contribution in [-0.2, 0) is 22.7 Å². The summed E-state index contributed by atoms with van der Waals surface area (Å²) in [6.07, 6.45) is 0.687. The van der Waals surface area contributed by atoms with Gasteiger partial charge in [0.25, 0.3) is 5.91 Å². The first-order chi connectivity index (χ1) is 17.6. The van der Waals surface area contributed by atoms with Crippen LogP contribution in [0.1, 0.15) is 49.3 Å². The minimum Gasteiger partial charge on any atom is -0.480 e. The van der Waals surface area contributed by atoms with Crippen LogP contribution in [0.5, 0.6) is 17.2 Å². The number of anilines is 1. The Kier molecular flexibility index (Phi) is 6.80. The second-order valence-corrected chi connectivity index (χ2v) is 9.08. The van der Waals surface area contributed by atoms with E-state index in [1.54, 1.807) is 4.90 Å². The zero-order chi connectivity index (χ0) is 25.1. The van der Waals surface area contributed by atoms with Crippen LogP contribution in [0.25, 0.3) is 0 Å². The van der Waals surface area contributed by atoms with Crippen molar-refractivity contribution in [2.75, 3.05) is 12.1 Å². The number of rotatable bonds is 7. The van der Waals surface area contributed by atoms with Gasteiger partial charge in [-0.05, 0) is 54.3 Å². The molecule has 0 unspecified atom stereocenters. The number of carbonyl (C=O) groups excluding carboxylic acids is 2. The highest BCUT2D eigenvalue weighted by atomic mass is 16.7. The second-order valence-electron chi connectivity index (χ2n) is 9.08. The SMILES string of the molecule is CC[C@@H]1Oc2ccc(NC(=O)[C@H](CC)c3ccccc3)cc2CN(Cc2ccc3c(c2)OCO3)C1=O.